The van der Waals surface area contributed by atoms with Gasteiger partial charge in [0.2, 0.25) is 0 Å². The highest BCUT2D eigenvalue weighted by Crippen LogP contribution is 2.10. The second kappa shape index (κ2) is 6.98. The summed E-state index contributed by atoms with van der Waals surface area (Å²) in [7, 11) is 1.70. The summed E-state index contributed by atoms with van der Waals surface area (Å²) in [5, 5.41) is 12.0. The van der Waals surface area contributed by atoms with Gasteiger partial charge in [-0.1, -0.05) is 12.1 Å². The van der Waals surface area contributed by atoms with Crippen molar-refractivity contribution in [3.8, 4) is 0 Å². The second-order valence-corrected chi connectivity index (χ2v) is 4.39. The van der Waals surface area contributed by atoms with Crippen LogP contribution in [-0.4, -0.2) is 35.7 Å². The molecular formula is C13H21N3O2. The number of aliphatic hydroxyl groups excluding tert-OH is 1. The topological polar surface area (TPSA) is 78.6 Å². The summed E-state index contributed by atoms with van der Waals surface area (Å²) in [5.41, 5.74) is 7.24. The van der Waals surface area contributed by atoms with Crippen LogP contribution in [0.2, 0.25) is 0 Å². The van der Waals surface area contributed by atoms with E-state index in [1.54, 1.807) is 18.9 Å². The van der Waals surface area contributed by atoms with Gasteiger partial charge >= 0.3 is 6.03 Å². The Morgan fingerprint density at radius 1 is 1.56 bits per heavy atom. The molecule has 1 aromatic carbocycles. The van der Waals surface area contributed by atoms with E-state index in [0.717, 1.165) is 11.3 Å². The van der Waals surface area contributed by atoms with Crippen LogP contribution in [-0.2, 0) is 6.54 Å². The Morgan fingerprint density at radius 2 is 2.28 bits per heavy atom. The maximum absolute atomic E-state index is 11.8. The number of nitrogens with one attached hydrogen (secondary N) is 1. The molecule has 1 unspecified atom stereocenters. The van der Waals surface area contributed by atoms with E-state index in [1.807, 2.05) is 24.3 Å². The first-order valence-electron chi connectivity index (χ1n) is 6.02. The Kier molecular flexibility index (Phi) is 5.61. The maximum atomic E-state index is 11.8. The van der Waals surface area contributed by atoms with Gasteiger partial charge in [0.05, 0.1) is 6.10 Å². The minimum absolute atomic E-state index is 0.190. The fourth-order valence-corrected chi connectivity index (χ4v) is 1.48. The molecule has 0 saturated carbocycles. The fourth-order valence-electron chi connectivity index (χ4n) is 1.48. The molecule has 18 heavy (non-hydrogen) atoms. The molecule has 0 spiro atoms. The second-order valence-electron chi connectivity index (χ2n) is 4.39. The van der Waals surface area contributed by atoms with Crippen LogP contribution >= 0.6 is 0 Å². The molecule has 0 aliphatic carbocycles. The van der Waals surface area contributed by atoms with Gasteiger partial charge in [-0.15, -0.1) is 0 Å². The van der Waals surface area contributed by atoms with Gasteiger partial charge in [-0.25, -0.2) is 4.79 Å². The van der Waals surface area contributed by atoms with Crippen LogP contribution in [0.15, 0.2) is 24.3 Å². The summed E-state index contributed by atoms with van der Waals surface area (Å²) < 4.78 is 0. The molecule has 100 valence electrons. The van der Waals surface area contributed by atoms with Crippen LogP contribution in [0.4, 0.5) is 10.5 Å². The first kappa shape index (κ1) is 14.5. The number of anilines is 1. The van der Waals surface area contributed by atoms with Gasteiger partial charge in [-0.3, -0.25) is 0 Å². The van der Waals surface area contributed by atoms with E-state index < -0.39 is 6.10 Å². The van der Waals surface area contributed by atoms with Crippen molar-refractivity contribution in [3.05, 3.63) is 29.8 Å². The number of benzene rings is 1. The number of carbonyl (C=O) groups is 1. The minimum Gasteiger partial charge on any atom is -0.393 e. The molecule has 1 aromatic rings. The largest absolute Gasteiger partial charge is 0.393 e. The molecule has 0 saturated heterocycles. The zero-order chi connectivity index (χ0) is 13.5. The van der Waals surface area contributed by atoms with E-state index >= 15 is 0 Å². The van der Waals surface area contributed by atoms with Crippen LogP contribution in [0.25, 0.3) is 0 Å². The highest BCUT2D eigenvalue weighted by molar-refractivity contribution is 5.89. The summed E-state index contributed by atoms with van der Waals surface area (Å²) >= 11 is 0. The first-order chi connectivity index (χ1) is 8.52. The van der Waals surface area contributed by atoms with Gasteiger partial charge in [0.1, 0.15) is 0 Å². The van der Waals surface area contributed by atoms with Crippen molar-refractivity contribution in [2.45, 2.75) is 26.0 Å². The van der Waals surface area contributed by atoms with E-state index in [2.05, 4.69) is 5.32 Å². The van der Waals surface area contributed by atoms with Crippen molar-refractivity contribution in [1.29, 1.82) is 0 Å². The van der Waals surface area contributed by atoms with E-state index in [9.17, 15) is 4.79 Å². The van der Waals surface area contributed by atoms with E-state index in [0.29, 0.717) is 19.5 Å². The minimum atomic E-state index is -0.402. The number of rotatable bonds is 5. The SMILES string of the molecule is CC(O)CCN(C)C(=O)Nc1cccc(CN)c1. The molecule has 1 atom stereocenters. The van der Waals surface area contributed by atoms with Gasteiger partial charge in [0.15, 0.2) is 0 Å². The van der Waals surface area contributed by atoms with Crippen LogP contribution in [0.3, 0.4) is 0 Å². The van der Waals surface area contributed by atoms with Gasteiger partial charge in [-0.2, -0.15) is 0 Å². The Labute approximate surface area is 108 Å². The molecule has 0 aliphatic heterocycles. The van der Waals surface area contributed by atoms with Crippen molar-refractivity contribution in [3.63, 3.8) is 0 Å². The molecule has 0 bridgehead atoms. The number of nitrogens with two attached hydrogens (primary N) is 1. The van der Waals surface area contributed by atoms with E-state index in [4.69, 9.17) is 10.8 Å². The van der Waals surface area contributed by atoms with Gasteiger partial charge in [0.25, 0.3) is 0 Å². The Bertz CT molecular complexity index is 394. The normalized spacial score (nSPS) is 12.0. The highest BCUT2D eigenvalue weighted by atomic mass is 16.3. The molecule has 0 heterocycles. The summed E-state index contributed by atoms with van der Waals surface area (Å²) in [5.74, 6) is 0. The standard InChI is InChI=1S/C13H21N3O2/c1-10(17)6-7-16(2)13(18)15-12-5-3-4-11(8-12)9-14/h3-5,8,10,17H,6-7,9,14H2,1-2H3,(H,15,18). The molecule has 5 heteroatoms. The lowest BCUT2D eigenvalue weighted by Gasteiger charge is -2.18. The van der Waals surface area contributed by atoms with Crippen LogP contribution in [0.1, 0.15) is 18.9 Å². The van der Waals surface area contributed by atoms with Gasteiger partial charge < -0.3 is 21.1 Å². The van der Waals surface area contributed by atoms with Crippen molar-refractivity contribution in [1.82, 2.24) is 4.90 Å². The van der Waals surface area contributed by atoms with Crippen LogP contribution in [0.5, 0.6) is 0 Å². The average Bonchev–Trinajstić information content (AvgIpc) is 2.36. The van der Waals surface area contributed by atoms with Crippen molar-refractivity contribution >= 4 is 11.7 Å². The quantitative estimate of drug-likeness (QED) is 0.739. The van der Waals surface area contributed by atoms with Crippen molar-refractivity contribution < 1.29 is 9.90 Å². The molecule has 2 amide bonds. The third kappa shape index (κ3) is 4.73. The number of nitrogens with zero attached hydrogens (tertiary/aromatic N) is 1. The molecular weight excluding hydrogens is 230 g/mol. The lowest BCUT2D eigenvalue weighted by molar-refractivity contribution is 0.167. The molecule has 0 fully saturated rings. The number of carbonyl (C=O) groups excluding carboxylic acids is 1. The Hall–Kier alpha value is -1.59. The molecule has 0 aliphatic rings. The molecule has 4 N–H and O–H groups in total. The average molecular weight is 251 g/mol. The monoisotopic (exact) mass is 251 g/mol. The van der Waals surface area contributed by atoms with Gasteiger partial charge in [-0.05, 0) is 31.0 Å². The number of amides is 2. The smallest absolute Gasteiger partial charge is 0.321 e. The predicted molar refractivity (Wildman–Crippen MR) is 72.3 cm³/mol. The third-order valence-electron chi connectivity index (χ3n) is 2.64. The summed E-state index contributed by atoms with van der Waals surface area (Å²) in [6.45, 7) is 2.66. The van der Waals surface area contributed by atoms with Crippen molar-refractivity contribution in [2.24, 2.45) is 5.73 Å². The first-order valence-corrected chi connectivity index (χ1v) is 6.02. The molecule has 1 rings (SSSR count). The molecule has 0 aromatic heterocycles. The van der Waals surface area contributed by atoms with Crippen LogP contribution in [0, 0.1) is 0 Å². The van der Waals surface area contributed by atoms with Crippen molar-refractivity contribution in [2.75, 3.05) is 18.9 Å². The number of aliphatic hydroxyl groups is 1. The van der Waals surface area contributed by atoms with E-state index in [-0.39, 0.29) is 6.03 Å². The third-order valence-corrected chi connectivity index (χ3v) is 2.64. The Balaban J connectivity index is 2.52. The molecule has 5 nitrogen and oxygen atoms in total. The zero-order valence-corrected chi connectivity index (χ0v) is 10.9. The predicted octanol–water partition coefficient (Wildman–Crippen LogP) is 1.38. The fraction of sp³-hybridized carbons (Fsp3) is 0.462. The number of urea groups is 1. The maximum Gasteiger partial charge on any atom is 0.321 e. The number of hydrogen-bond acceptors (Lipinski definition) is 3. The lowest BCUT2D eigenvalue weighted by atomic mass is 10.2. The van der Waals surface area contributed by atoms with Gasteiger partial charge in [0, 0.05) is 25.8 Å². The summed E-state index contributed by atoms with van der Waals surface area (Å²) in [6, 6.07) is 7.24. The Morgan fingerprint density at radius 3 is 2.89 bits per heavy atom. The summed E-state index contributed by atoms with van der Waals surface area (Å²) in [4.78, 5) is 13.4. The summed E-state index contributed by atoms with van der Waals surface area (Å²) in [6.07, 6.45) is 0.160. The number of hydrogen-bond donors (Lipinski definition) is 3. The highest BCUT2D eigenvalue weighted by Gasteiger charge is 2.09. The van der Waals surface area contributed by atoms with Crippen LogP contribution < -0.4 is 11.1 Å². The van der Waals surface area contributed by atoms with E-state index in [1.165, 1.54) is 0 Å². The molecule has 0 radical (unpaired) electrons. The lowest BCUT2D eigenvalue weighted by Crippen LogP contribution is -2.33. The zero-order valence-electron chi connectivity index (χ0n) is 10.9.